The molecule has 5 nitrogen and oxygen atoms in total. The van der Waals surface area contributed by atoms with Gasteiger partial charge in [-0.2, -0.15) is 0 Å². The number of hydrogen-bond acceptors (Lipinski definition) is 5. The van der Waals surface area contributed by atoms with Gasteiger partial charge >= 0.3 is 11.9 Å². The molecule has 5 heteroatoms. The van der Waals surface area contributed by atoms with Crippen molar-refractivity contribution in [3.63, 3.8) is 0 Å². The third-order valence-electron chi connectivity index (χ3n) is 6.12. The number of carbonyl (C=O) groups is 2. The summed E-state index contributed by atoms with van der Waals surface area (Å²) in [7, 11) is 3.47. The van der Waals surface area contributed by atoms with E-state index in [-0.39, 0.29) is 29.4 Å². The van der Waals surface area contributed by atoms with E-state index in [4.69, 9.17) is 9.47 Å². The molecule has 3 fully saturated rings. The van der Waals surface area contributed by atoms with Crippen LogP contribution in [-0.4, -0.2) is 48.7 Å². The highest BCUT2D eigenvalue weighted by atomic mass is 16.6. The van der Waals surface area contributed by atoms with Crippen LogP contribution in [0, 0.1) is 11.8 Å². The Morgan fingerprint density at radius 2 is 2.00 bits per heavy atom. The lowest BCUT2D eigenvalue weighted by atomic mass is 9.61. The maximum absolute atomic E-state index is 12.4. The van der Waals surface area contributed by atoms with E-state index in [0.717, 1.165) is 19.3 Å². The Morgan fingerprint density at radius 1 is 1.26 bits per heavy atom. The van der Waals surface area contributed by atoms with Gasteiger partial charge in [0.25, 0.3) is 0 Å². The average molecular weight is 315 g/mol. The number of carbonyl (C=O) groups excluding carboxylic acids is 2. The molecule has 23 heavy (non-hydrogen) atoms. The molecule has 4 rings (SSSR count). The molecule has 0 aromatic heterocycles. The highest BCUT2D eigenvalue weighted by Gasteiger charge is 2.76. The Kier molecular flexibility index (Phi) is 3.23. The third kappa shape index (κ3) is 1.96. The summed E-state index contributed by atoms with van der Waals surface area (Å²) in [5.74, 6) is -0.490. The predicted molar refractivity (Wildman–Crippen MR) is 82.8 cm³/mol. The zero-order valence-corrected chi connectivity index (χ0v) is 13.4. The Morgan fingerprint density at radius 3 is 2.61 bits per heavy atom. The molecule has 1 saturated heterocycles. The van der Waals surface area contributed by atoms with Gasteiger partial charge in [-0.3, -0.25) is 9.69 Å². The molecule has 1 aliphatic heterocycles. The van der Waals surface area contributed by atoms with Crippen LogP contribution in [-0.2, 0) is 14.3 Å². The fourth-order valence-electron chi connectivity index (χ4n) is 4.84. The summed E-state index contributed by atoms with van der Waals surface area (Å²) >= 11 is 0. The Bertz CT molecular complexity index is 646. The summed E-state index contributed by atoms with van der Waals surface area (Å²) in [6, 6.07) is 9.08. The molecule has 122 valence electrons. The predicted octanol–water partition coefficient (Wildman–Crippen LogP) is 1.87. The summed E-state index contributed by atoms with van der Waals surface area (Å²) in [6.07, 6.45) is 2.63. The molecule has 2 saturated carbocycles. The maximum atomic E-state index is 12.4. The van der Waals surface area contributed by atoms with Crippen molar-refractivity contribution in [3.05, 3.63) is 35.9 Å². The van der Waals surface area contributed by atoms with Gasteiger partial charge in [-0.15, -0.1) is 0 Å². The number of hydrogen-bond donors (Lipinski definition) is 0. The van der Waals surface area contributed by atoms with Gasteiger partial charge in [0.1, 0.15) is 12.0 Å². The summed E-state index contributed by atoms with van der Waals surface area (Å²) in [6.45, 7) is 0. The quantitative estimate of drug-likeness (QED) is 0.629. The van der Waals surface area contributed by atoms with Gasteiger partial charge in [-0.05, 0) is 44.4 Å². The first-order valence-corrected chi connectivity index (χ1v) is 8.16. The Hall–Kier alpha value is -1.88. The standard InChI is InChI=1S/C18H21NO4/c1-19-15-14(17(21)22-2)13(10-12-8-9-18(12,15)19)23-16(20)11-6-4-3-5-7-11/h3-7,12-15H,8-10H2,1-2H3. The second-order valence-corrected chi connectivity index (χ2v) is 6.88. The number of rotatable bonds is 3. The van der Waals surface area contributed by atoms with Crippen molar-refractivity contribution in [2.75, 3.05) is 14.2 Å². The average Bonchev–Trinajstić information content (AvgIpc) is 3.19. The first-order chi connectivity index (χ1) is 11.1. The largest absolute Gasteiger partial charge is 0.469 e. The zero-order valence-electron chi connectivity index (χ0n) is 13.4. The van der Waals surface area contributed by atoms with E-state index >= 15 is 0 Å². The number of nitrogens with zero attached hydrogens (tertiary/aromatic N) is 1. The SMILES string of the molecule is COC(=O)C1C(OC(=O)c2ccccc2)CC2CCC23C1N3C. The molecular weight excluding hydrogens is 294 g/mol. The number of benzene rings is 1. The van der Waals surface area contributed by atoms with Gasteiger partial charge in [0.2, 0.25) is 0 Å². The van der Waals surface area contributed by atoms with Crippen molar-refractivity contribution in [3.8, 4) is 0 Å². The van der Waals surface area contributed by atoms with Crippen LogP contribution in [0.3, 0.4) is 0 Å². The Labute approximate surface area is 135 Å². The molecule has 2 aliphatic carbocycles. The molecule has 6 unspecified atom stereocenters. The van der Waals surface area contributed by atoms with Crippen LogP contribution in [0.5, 0.6) is 0 Å². The molecule has 0 radical (unpaired) electrons. The molecule has 0 N–H and O–H groups in total. The first-order valence-electron chi connectivity index (χ1n) is 8.16. The van der Waals surface area contributed by atoms with Crippen molar-refractivity contribution in [1.82, 2.24) is 4.90 Å². The molecule has 1 aromatic rings. The number of likely N-dealkylation sites (N-methyl/N-ethyl adjacent to an activating group) is 1. The van der Waals surface area contributed by atoms with Gasteiger partial charge in [0.15, 0.2) is 0 Å². The van der Waals surface area contributed by atoms with E-state index in [1.54, 1.807) is 24.3 Å². The number of ether oxygens (including phenoxy) is 2. The van der Waals surface area contributed by atoms with Crippen molar-refractivity contribution < 1.29 is 19.1 Å². The third-order valence-corrected chi connectivity index (χ3v) is 6.12. The number of methoxy groups -OCH3 is 1. The lowest BCUT2D eigenvalue weighted by Gasteiger charge is -2.44. The smallest absolute Gasteiger partial charge is 0.338 e. The van der Waals surface area contributed by atoms with E-state index < -0.39 is 6.10 Å². The highest BCUT2D eigenvalue weighted by molar-refractivity contribution is 5.89. The summed E-state index contributed by atoms with van der Waals surface area (Å²) in [4.78, 5) is 27.0. The van der Waals surface area contributed by atoms with Crippen LogP contribution in [0.2, 0.25) is 0 Å². The van der Waals surface area contributed by atoms with Crippen LogP contribution in [0.4, 0.5) is 0 Å². The topological polar surface area (TPSA) is 55.6 Å². The summed E-state index contributed by atoms with van der Waals surface area (Å²) in [5, 5.41) is 0. The van der Waals surface area contributed by atoms with Crippen LogP contribution in [0.15, 0.2) is 30.3 Å². The van der Waals surface area contributed by atoms with Gasteiger partial charge in [0, 0.05) is 11.6 Å². The first kappa shape index (κ1) is 14.7. The monoisotopic (exact) mass is 315 g/mol. The minimum absolute atomic E-state index is 0.149. The van der Waals surface area contributed by atoms with Crippen molar-refractivity contribution in [2.24, 2.45) is 11.8 Å². The van der Waals surface area contributed by atoms with Crippen molar-refractivity contribution >= 4 is 11.9 Å². The van der Waals surface area contributed by atoms with E-state index in [9.17, 15) is 9.59 Å². The highest BCUT2D eigenvalue weighted by Crippen LogP contribution is 2.65. The minimum Gasteiger partial charge on any atom is -0.469 e. The molecular formula is C18H21NO4. The second kappa shape index (κ2) is 5.06. The lowest BCUT2D eigenvalue weighted by Crippen LogP contribution is -2.52. The molecule has 3 aliphatic rings. The zero-order chi connectivity index (χ0) is 16.2. The van der Waals surface area contributed by atoms with Crippen molar-refractivity contribution in [1.29, 1.82) is 0 Å². The van der Waals surface area contributed by atoms with E-state index in [0.29, 0.717) is 11.5 Å². The maximum Gasteiger partial charge on any atom is 0.338 e. The second-order valence-electron chi connectivity index (χ2n) is 6.88. The van der Waals surface area contributed by atoms with Gasteiger partial charge < -0.3 is 9.47 Å². The Balaban J connectivity index is 1.57. The summed E-state index contributed by atoms with van der Waals surface area (Å²) < 4.78 is 10.7. The fourth-order valence-corrected chi connectivity index (χ4v) is 4.84. The molecule has 1 aromatic carbocycles. The van der Waals surface area contributed by atoms with Gasteiger partial charge in [-0.1, -0.05) is 18.2 Å². The summed E-state index contributed by atoms with van der Waals surface area (Å²) in [5.41, 5.74) is 0.680. The fraction of sp³-hybridized carbons (Fsp3) is 0.556. The number of likely N-dealkylation sites (tertiary alicyclic amines) is 1. The normalized spacial score (nSPS) is 40.2. The molecule has 0 amide bonds. The van der Waals surface area contributed by atoms with Crippen molar-refractivity contribution in [2.45, 2.75) is 36.9 Å². The van der Waals surface area contributed by atoms with Crippen LogP contribution in [0.25, 0.3) is 0 Å². The van der Waals surface area contributed by atoms with Crippen LogP contribution in [0.1, 0.15) is 29.6 Å². The minimum atomic E-state index is -0.400. The molecule has 1 heterocycles. The number of esters is 2. The van der Waals surface area contributed by atoms with Crippen LogP contribution < -0.4 is 0 Å². The molecule has 6 atom stereocenters. The molecule has 1 spiro atoms. The lowest BCUT2D eigenvalue weighted by molar-refractivity contribution is -0.152. The molecule has 0 bridgehead atoms. The van der Waals surface area contributed by atoms with E-state index in [2.05, 4.69) is 11.9 Å². The van der Waals surface area contributed by atoms with Gasteiger partial charge in [-0.25, -0.2) is 4.79 Å². The van der Waals surface area contributed by atoms with E-state index in [1.807, 2.05) is 6.07 Å². The van der Waals surface area contributed by atoms with Crippen LogP contribution >= 0.6 is 0 Å². The van der Waals surface area contributed by atoms with Gasteiger partial charge in [0.05, 0.1) is 12.7 Å². The van der Waals surface area contributed by atoms with E-state index in [1.165, 1.54) is 7.11 Å².